The number of carbonyl (C=O) groups is 1. The molecule has 154 valence electrons. The van der Waals surface area contributed by atoms with Crippen LogP contribution in [0.25, 0.3) is 11.3 Å². The van der Waals surface area contributed by atoms with Crippen LogP contribution in [-0.4, -0.2) is 40.8 Å². The van der Waals surface area contributed by atoms with Crippen LogP contribution in [0.1, 0.15) is 29.8 Å². The molecule has 0 spiro atoms. The average molecular weight is 420 g/mol. The van der Waals surface area contributed by atoms with Crippen LogP contribution < -0.4 is 10.6 Å². The number of hydrogen-bond acceptors (Lipinski definition) is 6. The summed E-state index contributed by atoms with van der Waals surface area (Å²) in [5.41, 5.74) is 4.37. The summed E-state index contributed by atoms with van der Waals surface area (Å²) in [7, 11) is 4.03. The van der Waals surface area contributed by atoms with Gasteiger partial charge < -0.3 is 10.6 Å². The highest BCUT2D eigenvalue weighted by Crippen LogP contribution is 2.33. The number of benzene rings is 2. The Morgan fingerprint density at radius 3 is 2.77 bits per heavy atom. The van der Waals surface area contributed by atoms with Gasteiger partial charge in [-0.1, -0.05) is 26.0 Å². The topological polar surface area (TPSA) is 70.2 Å². The summed E-state index contributed by atoms with van der Waals surface area (Å²) in [5, 5.41) is 6.26. The smallest absolute Gasteiger partial charge is 0.251 e. The number of anilines is 2. The molecule has 0 atom stereocenters. The molecule has 0 bridgehead atoms. The van der Waals surface area contributed by atoms with Crippen molar-refractivity contribution in [2.75, 3.05) is 26.0 Å². The maximum Gasteiger partial charge on any atom is 0.251 e. The molecule has 2 heterocycles. The molecule has 0 radical (unpaired) electrons. The lowest BCUT2D eigenvalue weighted by atomic mass is 9.78. The van der Waals surface area contributed by atoms with Crippen molar-refractivity contribution in [3.8, 4) is 11.3 Å². The number of aromatic nitrogens is 2. The predicted octanol–water partition coefficient (Wildman–Crippen LogP) is 4.48. The Kier molecular flexibility index (Phi) is 5.49. The van der Waals surface area contributed by atoms with E-state index in [9.17, 15) is 4.79 Å². The van der Waals surface area contributed by atoms with E-state index in [2.05, 4.69) is 47.7 Å². The molecule has 0 unspecified atom stereocenters. The van der Waals surface area contributed by atoms with E-state index in [-0.39, 0.29) is 11.3 Å². The number of nitrogens with zero attached hydrogens (tertiary/aromatic N) is 3. The average Bonchev–Trinajstić information content (AvgIpc) is 2.71. The quantitative estimate of drug-likeness (QED) is 0.595. The van der Waals surface area contributed by atoms with Crippen LogP contribution in [0.3, 0.4) is 0 Å². The molecular formula is C23H25N5OS. The van der Waals surface area contributed by atoms with Crippen LogP contribution in [-0.2, 0) is 5.41 Å². The lowest BCUT2D eigenvalue weighted by molar-refractivity contribution is 0.0930. The number of hydrogen-bond donors (Lipinski definition) is 2. The van der Waals surface area contributed by atoms with Gasteiger partial charge in [-0.3, -0.25) is 9.10 Å². The second-order valence-corrected chi connectivity index (χ2v) is 9.53. The minimum atomic E-state index is -0.127. The van der Waals surface area contributed by atoms with Gasteiger partial charge in [-0.25, -0.2) is 9.97 Å². The van der Waals surface area contributed by atoms with Gasteiger partial charge in [-0.05, 0) is 68.0 Å². The maximum absolute atomic E-state index is 12.2. The molecule has 2 N–H and O–H groups in total. The standard InChI is InChI=1S/C23H25N5OS/c1-23(2)14-25-21(29)18-9-8-15(12-19(18)23)20-10-11-24-22(27-20)26-16-6-5-7-17(13-16)30-28(3)4/h5-13H,14H2,1-4H3,(H,25,29)(H,24,26,27). The fourth-order valence-electron chi connectivity index (χ4n) is 3.50. The van der Waals surface area contributed by atoms with Crippen molar-refractivity contribution < 1.29 is 4.79 Å². The third-order valence-electron chi connectivity index (χ3n) is 5.01. The number of amides is 1. The second-order valence-electron chi connectivity index (χ2n) is 8.15. The van der Waals surface area contributed by atoms with Crippen LogP contribution in [0.15, 0.2) is 59.6 Å². The van der Waals surface area contributed by atoms with Crippen LogP contribution in [0.2, 0.25) is 0 Å². The Balaban J connectivity index is 1.62. The number of nitrogens with one attached hydrogen (secondary N) is 2. The summed E-state index contributed by atoms with van der Waals surface area (Å²) in [5.74, 6) is 0.519. The molecule has 0 saturated heterocycles. The molecular weight excluding hydrogens is 394 g/mol. The van der Waals surface area contributed by atoms with E-state index in [1.165, 1.54) is 0 Å². The first kappa shape index (κ1) is 20.4. The molecule has 0 fully saturated rings. The third-order valence-corrected chi connectivity index (χ3v) is 5.84. The first-order chi connectivity index (χ1) is 14.3. The molecule has 30 heavy (non-hydrogen) atoms. The van der Waals surface area contributed by atoms with Gasteiger partial charge in [-0.15, -0.1) is 0 Å². The van der Waals surface area contributed by atoms with Crippen molar-refractivity contribution in [1.82, 2.24) is 19.6 Å². The van der Waals surface area contributed by atoms with Crippen molar-refractivity contribution in [1.29, 1.82) is 0 Å². The van der Waals surface area contributed by atoms with E-state index < -0.39 is 0 Å². The van der Waals surface area contributed by atoms with Crippen LogP contribution >= 0.6 is 11.9 Å². The highest BCUT2D eigenvalue weighted by Gasteiger charge is 2.31. The van der Waals surface area contributed by atoms with E-state index in [4.69, 9.17) is 4.98 Å². The molecule has 1 aromatic heterocycles. The second kappa shape index (κ2) is 8.08. The molecule has 4 rings (SSSR count). The number of fused-ring (bicyclic) bond motifs is 1. The zero-order valence-corrected chi connectivity index (χ0v) is 18.4. The number of rotatable bonds is 5. The summed E-state index contributed by atoms with van der Waals surface area (Å²) >= 11 is 1.66. The molecule has 0 aliphatic carbocycles. The zero-order valence-electron chi connectivity index (χ0n) is 17.6. The van der Waals surface area contributed by atoms with Crippen molar-refractivity contribution in [3.63, 3.8) is 0 Å². The van der Waals surface area contributed by atoms with Gasteiger partial charge in [0.15, 0.2) is 0 Å². The summed E-state index contributed by atoms with van der Waals surface area (Å²) in [6, 6.07) is 15.9. The van der Waals surface area contributed by atoms with E-state index in [0.29, 0.717) is 12.5 Å². The minimum absolute atomic E-state index is 0.0172. The molecule has 1 aliphatic rings. The van der Waals surface area contributed by atoms with Gasteiger partial charge in [0.1, 0.15) is 0 Å². The highest BCUT2D eigenvalue weighted by molar-refractivity contribution is 7.97. The van der Waals surface area contributed by atoms with Gasteiger partial charge in [0.25, 0.3) is 5.91 Å². The van der Waals surface area contributed by atoms with Gasteiger partial charge in [0.05, 0.1) is 5.69 Å². The summed E-state index contributed by atoms with van der Waals surface area (Å²) in [6.45, 7) is 4.90. The van der Waals surface area contributed by atoms with Crippen molar-refractivity contribution >= 4 is 29.5 Å². The SMILES string of the molecule is CN(C)Sc1cccc(Nc2nccc(-c3ccc4c(c3)C(C)(C)CNC4=O)n2)c1. The fraction of sp³-hybridized carbons (Fsp3) is 0.261. The first-order valence-electron chi connectivity index (χ1n) is 9.80. The van der Waals surface area contributed by atoms with E-state index in [0.717, 1.165) is 33.0 Å². The molecule has 0 saturated carbocycles. The van der Waals surface area contributed by atoms with E-state index in [1.807, 2.05) is 48.7 Å². The lowest BCUT2D eigenvalue weighted by Crippen LogP contribution is -2.43. The van der Waals surface area contributed by atoms with Crippen LogP contribution in [0.5, 0.6) is 0 Å². The van der Waals surface area contributed by atoms with Crippen LogP contribution in [0.4, 0.5) is 11.6 Å². The van der Waals surface area contributed by atoms with Gasteiger partial charge >= 0.3 is 0 Å². The van der Waals surface area contributed by atoms with Gasteiger partial charge in [-0.2, -0.15) is 0 Å². The van der Waals surface area contributed by atoms with Gasteiger partial charge in [0.2, 0.25) is 5.95 Å². The number of carbonyl (C=O) groups excluding carboxylic acids is 1. The van der Waals surface area contributed by atoms with Crippen LogP contribution in [0, 0.1) is 0 Å². The Morgan fingerprint density at radius 1 is 1.13 bits per heavy atom. The lowest BCUT2D eigenvalue weighted by Gasteiger charge is -2.32. The van der Waals surface area contributed by atoms with Crippen molar-refractivity contribution in [2.24, 2.45) is 0 Å². The Hall–Kier alpha value is -2.90. The maximum atomic E-state index is 12.2. The molecule has 7 heteroatoms. The molecule has 6 nitrogen and oxygen atoms in total. The summed E-state index contributed by atoms with van der Waals surface area (Å²) in [6.07, 6.45) is 1.75. The Labute approximate surface area is 181 Å². The monoisotopic (exact) mass is 419 g/mol. The van der Waals surface area contributed by atoms with Gasteiger partial charge in [0, 0.05) is 39.9 Å². The molecule has 1 aliphatic heterocycles. The predicted molar refractivity (Wildman–Crippen MR) is 122 cm³/mol. The minimum Gasteiger partial charge on any atom is -0.351 e. The largest absolute Gasteiger partial charge is 0.351 e. The Bertz CT molecular complexity index is 1100. The molecule has 2 aromatic carbocycles. The normalized spacial score (nSPS) is 14.9. The summed E-state index contributed by atoms with van der Waals surface area (Å²) in [4.78, 5) is 22.4. The molecule has 1 amide bonds. The molecule has 3 aromatic rings. The third kappa shape index (κ3) is 4.32. The highest BCUT2D eigenvalue weighted by atomic mass is 32.2. The first-order valence-corrected chi connectivity index (χ1v) is 10.6. The zero-order chi connectivity index (χ0) is 21.3. The summed E-state index contributed by atoms with van der Waals surface area (Å²) < 4.78 is 2.05. The van der Waals surface area contributed by atoms with E-state index in [1.54, 1.807) is 18.1 Å². The van der Waals surface area contributed by atoms with E-state index >= 15 is 0 Å². The fourth-order valence-corrected chi connectivity index (χ4v) is 4.24. The van der Waals surface area contributed by atoms with Crippen molar-refractivity contribution in [3.05, 3.63) is 65.9 Å². The Morgan fingerprint density at radius 2 is 1.97 bits per heavy atom. The van der Waals surface area contributed by atoms with Crippen molar-refractivity contribution in [2.45, 2.75) is 24.2 Å².